The van der Waals surface area contributed by atoms with Gasteiger partial charge in [-0.15, -0.1) is 0 Å². The molecule has 0 saturated carbocycles. The molecule has 1 amide bonds. The van der Waals surface area contributed by atoms with E-state index in [2.05, 4.69) is 40.1 Å². The van der Waals surface area contributed by atoms with Gasteiger partial charge in [-0.1, -0.05) is 60.1 Å². The number of pyridine rings is 1. The standard InChI is InChI=1S/C20H19BrN2O2/c1-20(2,14-7-9-15(21)10-8-14)12-22-19(25)17-11-13-5-3-4-6-16(13)18(24)23-17/h3-11H,12H2,1-2H3,(H,22,25)(H,23,24). The first kappa shape index (κ1) is 17.4. The lowest BCUT2D eigenvalue weighted by atomic mass is 9.84. The normalized spacial score (nSPS) is 11.5. The van der Waals surface area contributed by atoms with Gasteiger partial charge in [-0.05, 0) is 35.2 Å². The van der Waals surface area contributed by atoms with E-state index in [0.717, 1.165) is 15.4 Å². The number of fused-ring (bicyclic) bond motifs is 1. The number of rotatable bonds is 4. The minimum Gasteiger partial charge on any atom is -0.350 e. The summed E-state index contributed by atoms with van der Waals surface area (Å²) in [5.74, 6) is -0.284. The molecule has 2 N–H and O–H groups in total. The molecule has 4 nitrogen and oxygen atoms in total. The highest BCUT2D eigenvalue weighted by molar-refractivity contribution is 9.10. The van der Waals surface area contributed by atoms with Gasteiger partial charge in [0.1, 0.15) is 5.69 Å². The Morgan fingerprint density at radius 2 is 1.80 bits per heavy atom. The van der Waals surface area contributed by atoms with E-state index in [1.807, 2.05) is 36.4 Å². The second-order valence-corrected chi connectivity index (χ2v) is 7.59. The van der Waals surface area contributed by atoms with Crippen molar-refractivity contribution < 1.29 is 4.79 Å². The van der Waals surface area contributed by atoms with E-state index >= 15 is 0 Å². The first-order valence-electron chi connectivity index (χ1n) is 8.03. The lowest BCUT2D eigenvalue weighted by Crippen LogP contribution is -2.37. The summed E-state index contributed by atoms with van der Waals surface area (Å²) in [7, 11) is 0. The quantitative estimate of drug-likeness (QED) is 0.697. The smallest absolute Gasteiger partial charge is 0.267 e. The fourth-order valence-corrected chi connectivity index (χ4v) is 3.00. The molecule has 5 heteroatoms. The predicted octanol–water partition coefficient (Wildman–Crippen LogP) is 4.00. The van der Waals surface area contributed by atoms with Gasteiger partial charge in [0.2, 0.25) is 0 Å². The van der Waals surface area contributed by atoms with Crippen LogP contribution in [-0.2, 0) is 5.41 Å². The van der Waals surface area contributed by atoms with Gasteiger partial charge in [0, 0.05) is 21.8 Å². The van der Waals surface area contributed by atoms with Crippen LogP contribution in [0.25, 0.3) is 10.8 Å². The Balaban J connectivity index is 1.78. The fraction of sp³-hybridized carbons (Fsp3) is 0.200. The molecular formula is C20H19BrN2O2. The molecule has 0 atom stereocenters. The van der Waals surface area contributed by atoms with Crippen LogP contribution >= 0.6 is 15.9 Å². The van der Waals surface area contributed by atoms with Gasteiger partial charge in [0.25, 0.3) is 11.5 Å². The topological polar surface area (TPSA) is 62.0 Å². The molecule has 0 bridgehead atoms. The maximum absolute atomic E-state index is 12.5. The van der Waals surface area contributed by atoms with E-state index in [1.54, 1.807) is 18.2 Å². The van der Waals surface area contributed by atoms with Crippen molar-refractivity contribution in [2.45, 2.75) is 19.3 Å². The van der Waals surface area contributed by atoms with Crippen molar-refractivity contribution in [3.8, 4) is 0 Å². The van der Waals surface area contributed by atoms with Gasteiger partial charge in [-0.25, -0.2) is 0 Å². The van der Waals surface area contributed by atoms with Crippen LogP contribution in [0.3, 0.4) is 0 Å². The van der Waals surface area contributed by atoms with Gasteiger partial charge in [-0.3, -0.25) is 9.59 Å². The van der Waals surface area contributed by atoms with Gasteiger partial charge in [0.05, 0.1) is 0 Å². The zero-order chi connectivity index (χ0) is 18.0. The Hall–Kier alpha value is -2.40. The second kappa shape index (κ2) is 6.84. The number of carbonyl (C=O) groups is 1. The number of amides is 1. The van der Waals surface area contributed by atoms with Gasteiger partial charge < -0.3 is 10.3 Å². The molecule has 0 saturated heterocycles. The number of nitrogens with one attached hydrogen (secondary N) is 2. The number of carbonyl (C=O) groups excluding carboxylic acids is 1. The van der Waals surface area contributed by atoms with Gasteiger partial charge >= 0.3 is 0 Å². The summed E-state index contributed by atoms with van der Waals surface area (Å²) >= 11 is 3.43. The number of aromatic amines is 1. The third kappa shape index (κ3) is 3.82. The molecule has 0 aliphatic heterocycles. The predicted molar refractivity (Wildman–Crippen MR) is 104 cm³/mol. The van der Waals surface area contributed by atoms with E-state index in [0.29, 0.717) is 11.9 Å². The highest BCUT2D eigenvalue weighted by Gasteiger charge is 2.22. The van der Waals surface area contributed by atoms with Crippen molar-refractivity contribution in [2.75, 3.05) is 6.54 Å². The Labute approximate surface area is 154 Å². The number of hydrogen-bond donors (Lipinski definition) is 2. The highest BCUT2D eigenvalue weighted by Crippen LogP contribution is 2.24. The van der Waals surface area contributed by atoms with Crippen LogP contribution in [0.5, 0.6) is 0 Å². The third-order valence-electron chi connectivity index (χ3n) is 4.31. The lowest BCUT2D eigenvalue weighted by Gasteiger charge is -2.25. The van der Waals surface area contributed by atoms with Crippen molar-refractivity contribution in [3.63, 3.8) is 0 Å². The summed E-state index contributed by atoms with van der Waals surface area (Å²) in [4.78, 5) is 27.3. The molecule has 1 aromatic heterocycles. The SMILES string of the molecule is CC(C)(CNC(=O)c1cc2ccccc2c(=O)[nH]1)c1ccc(Br)cc1. The molecule has 128 valence electrons. The van der Waals surface area contributed by atoms with Crippen molar-refractivity contribution in [1.29, 1.82) is 0 Å². The van der Waals surface area contributed by atoms with Crippen molar-refractivity contribution in [1.82, 2.24) is 10.3 Å². The first-order valence-corrected chi connectivity index (χ1v) is 8.82. The molecule has 2 aromatic carbocycles. The van der Waals surface area contributed by atoms with Crippen LogP contribution in [0, 0.1) is 0 Å². The first-order chi connectivity index (χ1) is 11.9. The molecule has 0 aliphatic rings. The second-order valence-electron chi connectivity index (χ2n) is 6.67. The molecule has 1 heterocycles. The molecule has 0 unspecified atom stereocenters. The van der Waals surface area contributed by atoms with E-state index in [9.17, 15) is 9.59 Å². The monoisotopic (exact) mass is 398 g/mol. The molecular weight excluding hydrogens is 380 g/mol. The van der Waals surface area contributed by atoms with E-state index < -0.39 is 0 Å². The summed E-state index contributed by atoms with van der Waals surface area (Å²) in [5, 5.41) is 4.25. The number of benzene rings is 2. The van der Waals surface area contributed by atoms with E-state index in [4.69, 9.17) is 0 Å². The summed E-state index contributed by atoms with van der Waals surface area (Å²) in [6.45, 7) is 4.60. The largest absolute Gasteiger partial charge is 0.350 e. The maximum atomic E-state index is 12.5. The zero-order valence-corrected chi connectivity index (χ0v) is 15.7. The number of halogens is 1. The van der Waals surface area contributed by atoms with Crippen LogP contribution < -0.4 is 10.9 Å². The van der Waals surface area contributed by atoms with Gasteiger partial charge in [0.15, 0.2) is 0 Å². The van der Waals surface area contributed by atoms with Crippen LogP contribution in [-0.4, -0.2) is 17.4 Å². The summed E-state index contributed by atoms with van der Waals surface area (Å²) in [6.07, 6.45) is 0. The minimum atomic E-state index is -0.284. The van der Waals surface area contributed by atoms with Crippen LogP contribution in [0.4, 0.5) is 0 Å². The number of aromatic nitrogens is 1. The fourth-order valence-electron chi connectivity index (χ4n) is 2.73. The number of H-pyrrole nitrogens is 1. The summed E-state index contributed by atoms with van der Waals surface area (Å²) < 4.78 is 1.02. The molecule has 0 fully saturated rings. The van der Waals surface area contributed by atoms with Crippen LogP contribution in [0.2, 0.25) is 0 Å². The van der Waals surface area contributed by atoms with Crippen LogP contribution in [0.15, 0.2) is 63.9 Å². The Bertz CT molecular complexity index is 975. The Morgan fingerprint density at radius 3 is 2.52 bits per heavy atom. The third-order valence-corrected chi connectivity index (χ3v) is 4.84. The van der Waals surface area contributed by atoms with Crippen LogP contribution in [0.1, 0.15) is 29.9 Å². The molecule has 3 aromatic rings. The molecule has 0 spiro atoms. The Morgan fingerprint density at radius 1 is 1.12 bits per heavy atom. The molecule has 0 radical (unpaired) electrons. The maximum Gasteiger partial charge on any atom is 0.267 e. The highest BCUT2D eigenvalue weighted by atomic mass is 79.9. The molecule has 3 rings (SSSR count). The van der Waals surface area contributed by atoms with Crippen molar-refractivity contribution >= 4 is 32.6 Å². The Kier molecular flexibility index (Phi) is 4.77. The number of hydrogen-bond acceptors (Lipinski definition) is 2. The average molecular weight is 399 g/mol. The van der Waals surface area contributed by atoms with Crippen molar-refractivity contribution in [2.24, 2.45) is 0 Å². The van der Waals surface area contributed by atoms with Gasteiger partial charge in [-0.2, -0.15) is 0 Å². The zero-order valence-electron chi connectivity index (χ0n) is 14.1. The summed E-state index contributed by atoms with van der Waals surface area (Å²) in [5.41, 5.74) is 0.918. The lowest BCUT2D eigenvalue weighted by molar-refractivity contribution is 0.0940. The average Bonchev–Trinajstić information content (AvgIpc) is 2.60. The summed E-state index contributed by atoms with van der Waals surface area (Å²) in [6, 6.07) is 17.0. The van der Waals surface area contributed by atoms with E-state index in [1.165, 1.54) is 0 Å². The van der Waals surface area contributed by atoms with Crippen molar-refractivity contribution in [3.05, 3.63) is 80.7 Å². The minimum absolute atomic E-state index is 0.229. The molecule has 0 aliphatic carbocycles. The van der Waals surface area contributed by atoms with E-state index in [-0.39, 0.29) is 22.6 Å². The molecule has 25 heavy (non-hydrogen) atoms.